The van der Waals surface area contributed by atoms with Crippen LogP contribution < -0.4 is 5.32 Å². The first kappa shape index (κ1) is 10.6. The quantitative estimate of drug-likeness (QED) is 0.876. The van der Waals surface area contributed by atoms with E-state index in [0.717, 1.165) is 23.9 Å². The van der Waals surface area contributed by atoms with Gasteiger partial charge in [-0.25, -0.2) is 4.98 Å². The number of nitrogens with one attached hydrogen (secondary N) is 1. The number of nitrogens with zero attached hydrogens (tertiary/aromatic N) is 2. The Labute approximate surface area is 102 Å². The van der Waals surface area contributed by atoms with Gasteiger partial charge >= 0.3 is 0 Å². The van der Waals surface area contributed by atoms with Crippen LogP contribution in [0.3, 0.4) is 0 Å². The summed E-state index contributed by atoms with van der Waals surface area (Å²) in [5.74, 6) is 1.84. The highest BCUT2D eigenvalue weighted by molar-refractivity contribution is 5.78. The highest BCUT2D eigenvalue weighted by Gasteiger charge is 2.15. The lowest BCUT2D eigenvalue weighted by atomic mass is 10.1. The van der Waals surface area contributed by atoms with E-state index in [4.69, 9.17) is 0 Å². The molecule has 2 aromatic rings. The van der Waals surface area contributed by atoms with E-state index in [1.54, 1.807) is 0 Å². The molecule has 0 spiro atoms. The number of rotatable bonds is 3. The van der Waals surface area contributed by atoms with E-state index in [9.17, 15) is 0 Å². The molecule has 17 heavy (non-hydrogen) atoms. The third-order valence-electron chi connectivity index (χ3n) is 3.81. The average Bonchev–Trinajstić information content (AvgIpc) is 2.96. The van der Waals surface area contributed by atoms with Crippen LogP contribution in [0, 0.1) is 5.92 Å². The molecule has 0 amide bonds. The van der Waals surface area contributed by atoms with Crippen LogP contribution in [0.25, 0.3) is 11.0 Å². The molecule has 1 aromatic heterocycles. The Hall–Kier alpha value is -1.51. The Bertz CT molecular complexity index is 509. The lowest BCUT2D eigenvalue weighted by Crippen LogP contribution is -2.13. The van der Waals surface area contributed by atoms with E-state index in [1.807, 2.05) is 6.07 Å². The molecule has 1 aliphatic rings. The number of aromatic nitrogens is 2. The fourth-order valence-electron chi connectivity index (χ4n) is 2.75. The van der Waals surface area contributed by atoms with Crippen molar-refractivity contribution in [1.29, 1.82) is 0 Å². The molecule has 1 N–H and O–H groups in total. The average molecular weight is 229 g/mol. The Kier molecular flexibility index (Phi) is 2.75. The van der Waals surface area contributed by atoms with Crippen LogP contribution in [0.15, 0.2) is 24.3 Å². The van der Waals surface area contributed by atoms with Crippen molar-refractivity contribution >= 4 is 17.0 Å². The van der Waals surface area contributed by atoms with Gasteiger partial charge < -0.3 is 9.88 Å². The van der Waals surface area contributed by atoms with Crippen LogP contribution >= 0.6 is 0 Å². The van der Waals surface area contributed by atoms with Gasteiger partial charge in [0.1, 0.15) is 0 Å². The first-order valence-electron chi connectivity index (χ1n) is 6.50. The Morgan fingerprint density at radius 1 is 1.29 bits per heavy atom. The second kappa shape index (κ2) is 4.40. The largest absolute Gasteiger partial charge is 0.355 e. The van der Waals surface area contributed by atoms with Crippen molar-refractivity contribution in [3.8, 4) is 0 Å². The lowest BCUT2D eigenvalue weighted by molar-refractivity contribution is 0.576. The molecule has 1 fully saturated rings. The zero-order chi connectivity index (χ0) is 11.7. The molecule has 90 valence electrons. The summed E-state index contributed by atoms with van der Waals surface area (Å²) in [6.07, 6.45) is 5.54. The smallest absolute Gasteiger partial charge is 0.203 e. The van der Waals surface area contributed by atoms with E-state index < -0.39 is 0 Å². The summed E-state index contributed by atoms with van der Waals surface area (Å²) in [5, 5.41) is 3.50. The fourth-order valence-corrected chi connectivity index (χ4v) is 2.75. The fraction of sp³-hybridized carbons (Fsp3) is 0.500. The number of benzene rings is 1. The minimum atomic E-state index is 0.842. The van der Waals surface area contributed by atoms with Crippen molar-refractivity contribution in [3.05, 3.63) is 24.3 Å². The normalized spacial score (nSPS) is 16.8. The summed E-state index contributed by atoms with van der Waals surface area (Å²) < 4.78 is 2.14. The molecule has 1 saturated carbocycles. The molecular weight excluding hydrogens is 210 g/mol. The van der Waals surface area contributed by atoms with Crippen molar-refractivity contribution in [2.75, 3.05) is 11.9 Å². The van der Waals surface area contributed by atoms with Crippen LogP contribution in [0.5, 0.6) is 0 Å². The predicted molar refractivity (Wildman–Crippen MR) is 71.2 cm³/mol. The number of fused-ring (bicyclic) bond motifs is 1. The zero-order valence-corrected chi connectivity index (χ0v) is 10.3. The van der Waals surface area contributed by atoms with Gasteiger partial charge in [-0.3, -0.25) is 0 Å². The topological polar surface area (TPSA) is 29.9 Å². The standard InChI is InChI=1S/C14H19N3/c1-17-13-9-5-4-8-12(13)16-14(17)15-10-11-6-2-3-7-11/h4-5,8-9,11H,2-3,6-7,10H2,1H3,(H,15,16). The van der Waals surface area contributed by atoms with Crippen molar-refractivity contribution in [2.45, 2.75) is 25.7 Å². The second-order valence-corrected chi connectivity index (χ2v) is 5.01. The minimum Gasteiger partial charge on any atom is -0.355 e. The van der Waals surface area contributed by atoms with E-state index >= 15 is 0 Å². The maximum absolute atomic E-state index is 4.63. The molecular formula is C14H19N3. The highest BCUT2D eigenvalue weighted by Crippen LogP contribution is 2.25. The highest BCUT2D eigenvalue weighted by atomic mass is 15.2. The molecule has 0 radical (unpaired) electrons. The van der Waals surface area contributed by atoms with Crippen LogP contribution in [0.2, 0.25) is 0 Å². The van der Waals surface area contributed by atoms with E-state index in [0.29, 0.717) is 0 Å². The number of imidazole rings is 1. The number of anilines is 1. The van der Waals surface area contributed by atoms with Crippen LogP contribution in [-0.4, -0.2) is 16.1 Å². The van der Waals surface area contributed by atoms with Gasteiger partial charge in [0.25, 0.3) is 0 Å². The van der Waals surface area contributed by atoms with Crippen molar-refractivity contribution in [1.82, 2.24) is 9.55 Å². The van der Waals surface area contributed by atoms with Crippen LogP contribution in [-0.2, 0) is 7.05 Å². The van der Waals surface area contributed by atoms with Gasteiger partial charge in [-0.15, -0.1) is 0 Å². The number of para-hydroxylation sites is 2. The summed E-state index contributed by atoms with van der Waals surface area (Å²) in [6, 6.07) is 8.28. The Balaban J connectivity index is 1.78. The first-order chi connectivity index (χ1) is 8.34. The first-order valence-corrected chi connectivity index (χ1v) is 6.50. The van der Waals surface area contributed by atoms with Crippen molar-refractivity contribution in [2.24, 2.45) is 13.0 Å². The molecule has 0 atom stereocenters. The lowest BCUT2D eigenvalue weighted by Gasteiger charge is -2.11. The van der Waals surface area contributed by atoms with Gasteiger partial charge in [-0.1, -0.05) is 25.0 Å². The number of hydrogen-bond donors (Lipinski definition) is 1. The summed E-state index contributed by atoms with van der Waals surface area (Å²) in [4.78, 5) is 4.63. The van der Waals surface area contributed by atoms with Gasteiger partial charge in [0.15, 0.2) is 0 Å². The van der Waals surface area contributed by atoms with Crippen molar-refractivity contribution in [3.63, 3.8) is 0 Å². The SMILES string of the molecule is Cn1c(NCC2CCCC2)nc2ccccc21. The number of aryl methyl sites for hydroxylation is 1. The molecule has 3 rings (SSSR count). The predicted octanol–water partition coefficient (Wildman–Crippen LogP) is 3.18. The Morgan fingerprint density at radius 2 is 2.06 bits per heavy atom. The molecule has 1 heterocycles. The molecule has 3 heteroatoms. The second-order valence-electron chi connectivity index (χ2n) is 5.01. The van der Waals surface area contributed by atoms with Gasteiger partial charge in [-0.05, 0) is 30.9 Å². The van der Waals surface area contributed by atoms with E-state index in [2.05, 4.69) is 40.1 Å². The zero-order valence-electron chi connectivity index (χ0n) is 10.3. The molecule has 0 bridgehead atoms. The van der Waals surface area contributed by atoms with Gasteiger partial charge in [0.05, 0.1) is 11.0 Å². The summed E-state index contributed by atoms with van der Waals surface area (Å²) in [6.45, 7) is 1.07. The monoisotopic (exact) mass is 229 g/mol. The third kappa shape index (κ3) is 2.02. The molecule has 0 aliphatic heterocycles. The van der Waals surface area contributed by atoms with Gasteiger partial charge in [-0.2, -0.15) is 0 Å². The summed E-state index contributed by atoms with van der Waals surface area (Å²) in [5.41, 5.74) is 2.27. The van der Waals surface area contributed by atoms with Crippen LogP contribution in [0.1, 0.15) is 25.7 Å². The van der Waals surface area contributed by atoms with E-state index in [-0.39, 0.29) is 0 Å². The summed E-state index contributed by atoms with van der Waals surface area (Å²) >= 11 is 0. The third-order valence-corrected chi connectivity index (χ3v) is 3.81. The molecule has 1 aliphatic carbocycles. The maximum atomic E-state index is 4.63. The number of hydrogen-bond acceptors (Lipinski definition) is 2. The van der Waals surface area contributed by atoms with Gasteiger partial charge in [0, 0.05) is 13.6 Å². The maximum Gasteiger partial charge on any atom is 0.203 e. The molecule has 0 unspecified atom stereocenters. The minimum absolute atomic E-state index is 0.842. The summed E-state index contributed by atoms with van der Waals surface area (Å²) in [7, 11) is 2.08. The van der Waals surface area contributed by atoms with E-state index in [1.165, 1.54) is 31.2 Å². The van der Waals surface area contributed by atoms with Crippen molar-refractivity contribution < 1.29 is 0 Å². The molecule has 3 nitrogen and oxygen atoms in total. The van der Waals surface area contributed by atoms with Gasteiger partial charge in [0.2, 0.25) is 5.95 Å². The molecule has 1 aromatic carbocycles. The molecule has 0 saturated heterocycles. The Morgan fingerprint density at radius 3 is 2.82 bits per heavy atom. The van der Waals surface area contributed by atoms with Crippen LogP contribution in [0.4, 0.5) is 5.95 Å².